The molecule has 0 saturated carbocycles. The van der Waals surface area contributed by atoms with Gasteiger partial charge in [-0.1, -0.05) is 23.9 Å². The van der Waals surface area contributed by atoms with E-state index >= 15 is 0 Å². The summed E-state index contributed by atoms with van der Waals surface area (Å²) in [6, 6.07) is 11.1. The Balaban J connectivity index is 2.18. The fraction of sp³-hybridized carbons (Fsp3) is 0.143. The third-order valence-corrected chi connectivity index (χ3v) is 3.59. The zero-order chi connectivity index (χ0) is 13.1. The molecule has 0 aliphatic carbocycles. The highest BCUT2D eigenvalue weighted by Crippen LogP contribution is 2.30. The Hall–Kier alpha value is -1.39. The first kappa shape index (κ1) is 13.1. The van der Waals surface area contributed by atoms with Crippen molar-refractivity contribution in [1.29, 1.82) is 0 Å². The normalized spacial score (nSPS) is 12.4. The average molecular weight is 265 g/mol. The van der Waals surface area contributed by atoms with Crippen LogP contribution >= 0.6 is 11.8 Å². The molecule has 0 fully saturated rings. The van der Waals surface area contributed by atoms with Gasteiger partial charge in [0.15, 0.2) is 0 Å². The van der Waals surface area contributed by atoms with Crippen molar-refractivity contribution in [2.24, 2.45) is 5.73 Å². The third-order valence-electron chi connectivity index (χ3n) is 2.53. The van der Waals surface area contributed by atoms with Crippen molar-refractivity contribution in [2.45, 2.75) is 22.8 Å². The zero-order valence-corrected chi connectivity index (χ0v) is 10.7. The second kappa shape index (κ2) is 5.50. The zero-order valence-electron chi connectivity index (χ0n) is 9.86. The van der Waals surface area contributed by atoms with Crippen molar-refractivity contribution < 1.29 is 8.78 Å². The van der Waals surface area contributed by atoms with Gasteiger partial charge in [-0.3, -0.25) is 0 Å². The van der Waals surface area contributed by atoms with Crippen LogP contribution in [0.15, 0.2) is 52.3 Å². The van der Waals surface area contributed by atoms with E-state index in [-0.39, 0.29) is 6.04 Å². The first-order valence-electron chi connectivity index (χ1n) is 5.54. The van der Waals surface area contributed by atoms with Crippen molar-refractivity contribution in [1.82, 2.24) is 0 Å². The number of halogens is 2. The molecule has 2 N–H and O–H groups in total. The number of hydrogen-bond donors (Lipinski definition) is 1. The number of nitrogens with two attached hydrogens (primary N) is 1. The molecule has 0 heterocycles. The van der Waals surface area contributed by atoms with E-state index in [1.807, 2.05) is 31.2 Å². The first-order valence-corrected chi connectivity index (χ1v) is 6.36. The maximum absolute atomic E-state index is 13.5. The summed E-state index contributed by atoms with van der Waals surface area (Å²) in [5, 5.41) is 0. The standard InChI is InChI=1S/C14H13F2NS/c1-9(17)10-2-5-12(6-3-10)18-14-7-4-11(15)8-13(14)16/h2-9H,17H2,1H3/t9-/m1/s1. The summed E-state index contributed by atoms with van der Waals surface area (Å²) in [5.41, 5.74) is 6.78. The Kier molecular flexibility index (Phi) is 3.99. The molecule has 0 radical (unpaired) electrons. The van der Waals surface area contributed by atoms with Crippen LogP contribution in [0.25, 0.3) is 0 Å². The van der Waals surface area contributed by atoms with E-state index in [0.29, 0.717) is 4.90 Å². The number of hydrogen-bond acceptors (Lipinski definition) is 2. The molecule has 0 aliphatic heterocycles. The quantitative estimate of drug-likeness (QED) is 0.902. The van der Waals surface area contributed by atoms with E-state index in [0.717, 1.165) is 16.5 Å². The Labute approximate surface area is 109 Å². The number of rotatable bonds is 3. The lowest BCUT2D eigenvalue weighted by atomic mass is 10.1. The minimum absolute atomic E-state index is 0.0217. The molecule has 2 aromatic carbocycles. The molecule has 0 aliphatic rings. The fourth-order valence-electron chi connectivity index (χ4n) is 1.52. The van der Waals surface area contributed by atoms with Crippen molar-refractivity contribution in [3.8, 4) is 0 Å². The van der Waals surface area contributed by atoms with Gasteiger partial charge >= 0.3 is 0 Å². The molecule has 18 heavy (non-hydrogen) atoms. The van der Waals surface area contributed by atoms with Gasteiger partial charge in [0.2, 0.25) is 0 Å². The minimum atomic E-state index is -0.566. The highest BCUT2D eigenvalue weighted by Gasteiger charge is 2.06. The third kappa shape index (κ3) is 3.09. The maximum Gasteiger partial charge on any atom is 0.140 e. The van der Waals surface area contributed by atoms with Crippen LogP contribution in [-0.4, -0.2) is 0 Å². The monoisotopic (exact) mass is 265 g/mol. The SMILES string of the molecule is C[C@@H](N)c1ccc(Sc2ccc(F)cc2F)cc1. The molecule has 4 heteroatoms. The summed E-state index contributed by atoms with van der Waals surface area (Å²) in [4.78, 5) is 1.30. The first-order chi connectivity index (χ1) is 8.56. The van der Waals surface area contributed by atoms with Gasteiger partial charge in [-0.2, -0.15) is 0 Å². The largest absolute Gasteiger partial charge is 0.324 e. The van der Waals surface area contributed by atoms with E-state index in [1.54, 1.807) is 0 Å². The van der Waals surface area contributed by atoms with Gasteiger partial charge in [0.25, 0.3) is 0 Å². The lowest BCUT2D eigenvalue weighted by molar-refractivity contribution is 0.565. The van der Waals surface area contributed by atoms with Crippen LogP contribution in [0.4, 0.5) is 8.78 Å². The Morgan fingerprint density at radius 1 is 1.06 bits per heavy atom. The molecule has 0 saturated heterocycles. The molecule has 2 aromatic rings. The smallest absolute Gasteiger partial charge is 0.140 e. The molecule has 0 bridgehead atoms. The van der Waals surface area contributed by atoms with Crippen LogP contribution in [0.2, 0.25) is 0 Å². The van der Waals surface area contributed by atoms with Crippen molar-refractivity contribution >= 4 is 11.8 Å². The topological polar surface area (TPSA) is 26.0 Å². The second-order valence-electron chi connectivity index (χ2n) is 4.03. The molecule has 0 amide bonds. The van der Waals surface area contributed by atoms with Crippen LogP contribution in [0.1, 0.15) is 18.5 Å². The van der Waals surface area contributed by atoms with E-state index in [2.05, 4.69) is 0 Å². The Bertz CT molecular complexity index is 538. The average Bonchev–Trinajstić information content (AvgIpc) is 2.33. The van der Waals surface area contributed by atoms with Crippen LogP contribution < -0.4 is 5.73 Å². The summed E-state index contributed by atoms with van der Waals surface area (Å²) < 4.78 is 26.2. The predicted molar refractivity (Wildman–Crippen MR) is 69.5 cm³/mol. The summed E-state index contributed by atoms with van der Waals surface area (Å²) in [6.45, 7) is 1.90. The van der Waals surface area contributed by atoms with Crippen molar-refractivity contribution in [3.05, 3.63) is 59.7 Å². The molecule has 0 spiro atoms. The summed E-state index contributed by atoms with van der Waals surface area (Å²) in [5.74, 6) is -1.11. The van der Waals surface area contributed by atoms with Gasteiger partial charge in [-0.25, -0.2) is 8.78 Å². The molecular weight excluding hydrogens is 252 g/mol. The Morgan fingerprint density at radius 3 is 2.28 bits per heavy atom. The van der Waals surface area contributed by atoms with E-state index in [4.69, 9.17) is 5.73 Å². The maximum atomic E-state index is 13.5. The van der Waals surface area contributed by atoms with Crippen LogP contribution in [-0.2, 0) is 0 Å². The molecule has 0 unspecified atom stereocenters. The highest BCUT2D eigenvalue weighted by atomic mass is 32.2. The van der Waals surface area contributed by atoms with E-state index < -0.39 is 11.6 Å². The van der Waals surface area contributed by atoms with Crippen molar-refractivity contribution in [2.75, 3.05) is 0 Å². The lowest BCUT2D eigenvalue weighted by Gasteiger charge is -2.07. The molecule has 0 aromatic heterocycles. The second-order valence-corrected chi connectivity index (χ2v) is 5.15. The van der Waals surface area contributed by atoms with Crippen molar-refractivity contribution in [3.63, 3.8) is 0 Å². The van der Waals surface area contributed by atoms with Gasteiger partial charge in [0, 0.05) is 21.9 Å². The molecular formula is C14H13F2NS. The molecule has 1 nitrogen and oxygen atoms in total. The summed E-state index contributed by atoms with van der Waals surface area (Å²) in [7, 11) is 0. The predicted octanol–water partition coefficient (Wildman–Crippen LogP) is 4.14. The molecule has 94 valence electrons. The van der Waals surface area contributed by atoms with Gasteiger partial charge < -0.3 is 5.73 Å². The lowest BCUT2D eigenvalue weighted by Crippen LogP contribution is -2.04. The van der Waals surface area contributed by atoms with Crippen LogP contribution in [0.5, 0.6) is 0 Å². The van der Waals surface area contributed by atoms with E-state index in [1.165, 1.54) is 23.9 Å². The van der Waals surface area contributed by atoms with Crippen LogP contribution in [0, 0.1) is 11.6 Å². The Morgan fingerprint density at radius 2 is 1.72 bits per heavy atom. The van der Waals surface area contributed by atoms with E-state index in [9.17, 15) is 8.78 Å². The van der Waals surface area contributed by atoms with Gasteiger partial charge in [0.1, 0.15) is 11.6 Å². The highest BCUT2D eigenvalue weighted by molar-refractivity contribution is 7.99. The van der Waals surface area contributed by atoms with Gasteiger partial charge in [-0.15, -0.1) is 0 Å². The minimum Gasteiger partial charge on any atom is -0.324 e. The number of benzene rings is 2. The molecule has 1 atom stereocenters. The summed E-state index contributed by atoms with van der Waals surface area (Å²) in [6.07, 6.45) is 0. The van der Waals surface area contributed by atoms with Gasteiger partial charge in [0.05, 0.1) is 0 Å². The van der Waals surface area contributed by atoms with Crippen LogP contribution in [0.3, 0.4) is 0 Å². The fourth-order valence-corrected chi connectivity index (χ4v) is 2.34. The molecule has 2 rings (SSSR count). The van der Waals surface area contributed by atoms with Gasteiger partial charge in [-0.05, 0) is 36.8 Å². The summed E-state index contributed by atoms with van der Waals surface area (Å²) >= 11 is 1.26.